The zero-order valence-electron chi connectivity index (χ0n) is 13.2. The predicted octanol–water partition coefficient (Wildman–Crippen LogP) is 3.28. The average Bonchev–Trinajstić information content (AvgIpc) is 2.66. The molecule has 0 bridgehead atoms. The van der Waals surface area contributed by atoms with E-state index >= 15 is 0 Å². The monoisotopic (exact) mass is 288 g/mol. The number of nitrogens with one attached hydrogen (secondary N) is 1. The molecule has 0 aromatic heterocycles. The van der Waals surface area contributed by atoms with Gasteiger partial charge in [0.15, 0.2) is 0 Å². The first-order chi connectivity index (χ1) is 9.88. The van der Waals surface area contributed by atoms with Gasteiger partial charge in [0, 0.05) is 0 Å². The molecule has 1 unspecified atom stereocenters. The van der Waals surface area contributed by atoms with Crippen LogP contribution >= 0.6 is 0 Å². The van der Waals surface area contributed by atoms with Crippen molar-refractivity contribution in [1.29, 1.82) is 0 Å². The molecule has 2 rings (SSSR count). The Balaban J connectivity index is 2.05. The van der Waals surface area contributed by atoms with Crippen molar-refractivity contribution >= 4 is 11.9 Å². The number of urea groups is 1. The molecule has 4 heteroatoms. The SMILES string of the molecule is CC(C)CC1NC(=O)N(Cc2ccc(C(C)C)cc2)C1=O. The van der Waals surface area contributed by atoms with Crippen LogP contribution in [-0.2, 0) is 11.3 Å². The number of hydrogen-bond acceptors (Lipinski definition) is 2. The molecule has 1 N–H and O–H groups in total. The molecule has 1 heterocycles. The van der Waals surface area contributed by atoms with Gasteiger partial charge in [-0.3, -0.25) is 9.69 Å². The Hall–Kier alpha value is -1.84. The summed E-state index contributed by atoms with van der Waals surface area (Å²) >= 11 is 0. The molecule has 21 heavy (non-hydrogen) atoms. The zero-order valence-corrected chi connectivity index (χ0v) is 13.2. The number of nitrogens with zero attached hydrogens (tertiary/aromatic N) is 1. The summed E-state index contributed by atoms with van der Waals surface area (Å²) in [5, 5.41) is 2.77. The van der Waals surface area contributed by atoms with Crippen LogP contribution in [0.3, 0.4) is 0 Å². The van der Waals surface area contributed by atoms with E-state index in [0.717, 1.165) is 5.56 Å². The summed E-state index contributed by atoms with van der Waals surface area (Å²) < 4.78 is 0. The van der Waals surface area contributed by atoms with Gasteiger partial charge in [0.1, 0.15) is 6.04 Å². The number of amides is 3. The van der Waals surface area contributed by atoms with Gasteiger partial charge in [-0.15, -0.1) is 0 Å². The third-order valence-corrected chi connectivity index (χ3v) is 3.80. The van der Waals surface area contributed by atoms with Crippen LogP contribution in [0.5, 0.6) is 0 Å². The molecule has 1 aromatic carbocycles. The minimum Gasteiger partial charge on any atom is -0.326 e. The van der Waals surface area contributed by atoms with Gasteiger partial charge < -0.3 is 5.32 Å². The summed E-state index contributed by atoms with van der Waals surface area (Å²) in [6.45, 7) is 8.73. The van der Waals surface area contributed by atoms with Crippen LogP contribution in [0.15, 0.2) is 24.3 Å². The van der Waals surface area contributed by atoms with Crippen molar-refractivity contribution < 1.29 is 9.59 Å². The average molecular weight is 288 g/mol. The van der Waals surface area contributed by atoms with E-state index in [4.69, 9.17) is 0 Å². The van der Waals surface area contributed by atoms with Gasteiger partial charge in [0.25, 0.3) is 5.91 Å². The van der Waals surface area contributed by atoms with Gasteiger partial charge >= 0.3 is 6.03 Å². The molecule has 0 saturated carbocycles. The largest absolute Gasteiger partial charge is 0.326 e. The molecule has 1 saturated heterocycles. The highest BCUT2D eigenvalue weighted by Gasteiger charge is 2.37. The molecular formula is C17H24N2O2. The van der Waals surface area contributed by atoms with Gasteiger partial charge in [0.05, 0.1) is 6.54 Å². The van der Waals surface area contributed by atoms with E-state index in [1.54, 1.807) is 0 Å². The lowest BCUT2D eigenvalue weighted by Crippen LogP contribution is -2.31. The van der Waals surface area contributed by atoms with Gasteiger partial charge in [-0.1, -0.05) is 52.0 Å². The lowest BCUT2D eigenvalue weighted by atomic mass is 10.0. The molecule has 114 valence electrons. The van der Waals surface area contributed by atoms with Crippen LogP contribution in [0.4, 0.5) is 4.79 Å². The molecule has 1 atom stereocenters. The van der Waals surface area contributed by atoms with E-state index in [-0.39, 0.29) is 18.0 Å². The van der Waals surface area contributed by atoms with E-state index in [0.29, 0.717) is 24.8 Å². The summed E-state index contributed by atoms with van der Waals surface area (Å²) in [4.78, 5) is 25.5. The molecule has 4 nitrogen and oxygen atoms in total. The van der Waals surface area contributed by atoms with Gasteiger partial charge in [-0.05, 0) is 29.4 Å². The van der Waals surface area contributed by atoms with Crippen molar-refractivity contribution in [2.45, 2.75) is 52.6 Å². The van der Waals surface area contributed by atoms with Crippen molar-refractivity contribution in [2.75, 3.05) is 0 Å². The summed E-state index contributed by atoms with van der Waals surface area (Å²) in [5.41, 5.74) is 2.24. The zero-order chi connectivity index (χ0) is 15.6. The van der Waals surface area contributed by atoms with E-state index in [1.165, 1.54) is 10.5 Å². The first-order valence-corrected chi connectivity index (χ1v) is 7.59. The maximum Gasteiger partial charge on any atom is 0.325 e. The first kappa shape index (κ1) is 15.5. The number of carbonyl (C=O) groups excluding carboxylic acids is 2. The highest BCUT2D eigenvalue weighted by molar-refractivity contribution is 6.04. The van der Waals surface area contributed by atoms with E-state index in [1.807, 2.05) is 26.0 Å². The summed E-state index contributed by atoms with van der Waals surface area (Å²) in [5.74, 6) is 0.748. The molecule has 0 radical (unpaired) electrons. The Bertz CT molecular complexity index is 520. The number of rotatable bonds is 5. The van der Waals surface area contributed by atoms with Crippen molar-refractivity contribution in [2.24, 2.45) is 5.92 Å². The summed E-state index contributed by atoms with van der Waals surface area (Å²) in [7, 11) is 0. The highest BCUT2D eigenvalue weighted by Crippen LogP contribution is 2.19. The maximum atomic E-state index is 12.3. The Labute approximate surface area is 126 Å². The maximum absolute atomic E-state index is 12.3. The topological polar surface area (TPSA) is 49.4 Å². The number of benzene rings is 1. The third kappa shape index (κ3) is 3.63. The van der Waals surface area contributed by atoms with E-state index in [2.05, 4.69) is 31.3 Å². The number of carbonyl (C=O) groups is 2. The normalized spacial score (nSPS) is 18.8. The second kappa shape index (κ2) is 6.29. The number of imide groups is 1. The van der Waals surface area contributed by atoms with Crippen molar-refractivity contribution in [3.05, 3.63) is 35.4 Å². The first-order valence-electron chi connectivity index (χ1n) is 7.59. The van der Waals surface area contributed by atoms with Crippen molar-refractivity contribution in [3.63, 3.8) is 0 Å². The fourth-order valence-electron chi connectivity index (χ4n) is 2.55. The molecule has 1 aliphatic rings. The third-order valence-electron chi connectivity index (χ3n) is 3.80. The Morgan fingerprint density at radius 2 is 1.71 bits per heavy atom. The Morgan fingerprint density at radius 3 is 2.24 bits per heavy atom. The Morgan fingerprint density at radius 1 is 1.10 bits per heavy atom. The van der Waals surface area contributed by atoms with Crippen LogP contribution in [0.25, 0.3) is 0 Å². The van der Waals surface area contributed by atoms with Crippen LogP contribution < -0.4 is 5.32 Å². The molecule has 1 aromatic rings. The molecular weight excluding hydrogens is 264 g/mol. The van der Waals surface area contributed by atoms with E-state index in [9.17, 15) is 9.59 Å². The van der Waals surface area contributed by atoms with Gasteiger partial charge in [-0.2, -0.15) is 0 Å². The van der Waals surface area contributed by atoms with Crippen molar-refractivity contribution in [1.82, 2.24) is 10.2 Å². The fourth-order valence-corrected chi connectivity index (χ4v) is 2.55. The minimum atomic E-state index is -0.368. The summed E-state index contributed by atoms with van der Waals surface area (Å²) in [6.07, 6.45) is 0.688. The fraction of sp³-hybridized carbons (Fsp3) is 0.529. The standard InChI is InChI=1S/C17H24N2O2/c1-11(2)9-15-16(20)19(17(21)18-15)10-13-5-7-14(8-6-13)12(3)4/h5-8,11-12,15H,9-10H2,1-4H3,(H,18,21). The summed E-state index contributed by atoms with van der Waals surface area (Å²) in [6, 6.07) is 7.46. The van der Waals surface area contributed by atoms with Crippen LogP contribution in [0.1, 0.15) is 51.2 Å². The van der Waals surface area contributed by atoms with Crippen LogP contribution in [0, 0.1) is 5.92 Å². The molecule has 0 aliphatic carbocycles. The second-order valence-corrected chi connectivity index (χ2v) is 6.45. The predicted molar refractivity (Wildman–Crippen MR) is 82.9 cm³/mol. The quantitative estimate of drug-likeness (QED) is 0.845. The smallest absolute Gasteiger partial charge is 0.325 e. The Kier molecular flexibility index (Phi) is 4.66. The molecule has 1 fully saturated rings. The lowest BCUT2D eigenvalue weighted by Gasteiger charge is -2.14. The number of hydrogen-bond donors (Lipinski definition) is 1. The molecule has 1 aliphatic heterocycles. The van der Waals surface area contributed by atoms with Crippen LogP contribution in [-0.4, -0.2) is 22.9 Å². The second-order valence-electron chi connectivity index (χ2n) is 6.45. The molecule has 3 amide bonds. The highest BCUT2D eigenvalue weighted by atomic mass is 16.2. The van der Waals surface area contributed by atoms with Crippen LogP contribution in [0.2, 0.25) is 0 Å². The van der Waals surface area contributed by atoms with Crippen molar-refractivity contribution in [3.8, 4) is 0 Å². The minimum absolute atomic E-state index is 0.110. The van der Waals surface area contributed by atoms with E-state index < -0.39 is 0 Å². The van der Waals surface area contributed by atoms with Gasteiger partial charge in [-0.25, -0.2) is 4.79 Å². The lowest BCUT2D eigenvalue weighted by molar-refractivity contribution is -0.128. The van der Waals surface area contributed by atoms with Gasteiger partial charge in [0.2, 0.25) is 0 Å². The molecule has 0 spiro atoms.